The van der Waals surface area contributed by atoms with Crippen LogP contribution in [0.25, 0.3) is 0 Å². The van der Waals surface area contributed by atoms with Crippen molar-refractivity contribution in [3.63, 3.8) is 0 Å². The molecule has 0 unspecified atom stereocenters. The first-order valence-electron chi connectivity index (χ1n) is 13.6. The van der Waals surface area contributed by atoms with Gasteiger partial charge in [0, 0.05) is 36.1 Å². The van der Waals surface area contributed by atoms with Crippen LogP contribution >= 0.6 is 11.8 Å². The van der Waals surface area contributed by atoms with Crippen LogP contribution in [0.3, 0.4) is 0 Å². The standard InChI is InChI=1S/C29H38N4O5S2/c1-6-32(7-2)21-13-15-22(16-14-21)33-24-18-40(36,37)19-25(24)39-27(33)31-26(34)23(17-20-11-9-8-10-12-20)30-28(35)38-29(3,4)5/h8-16,23-25H,6-7,17-19H2,1-5H3,(H,30,35)/t23-,24+,25-/m1/s1. The van der Waals surface area contributed by atoms with E-state index in [2.05, 4.69) is 29.1 Å². The molecular weight excluding hydrogens is 548 g/mol. The predicted octanol–water partition coefficient (Wildman–Crippen LogP) is 4.27. The molecule has 2 saturated heterocycles. The monoisotopic (exact) mass is 586 g/mol. The molecular formula is C29H38N4O5S2. The number of alkyl carbamates (subject to hydrolysis) is 1. The summed E-state index contributed by atoms with van der Waals surface area (Å²) >= 11 is 1.31. The molecule has 9 nitrogen and oxygen atoms in total. The van der Waals surface area contributed by atoms with Crippen LogP contribution in [0.4, 0.5) is 16.2 Å². The molecule has 3 atom stereocenters. The van der Waals surface area contributed by atoms with E-state index in [1.54, 1.807) is 20.8 Å². The zero-order valence-electron chi connectivity index (χ0n) is 23.7. The number of carbonyl (C=O) groups excluding carboxylic acids is 2. The van der Waals surface area contributed by atoms with Gasteiger partial charge in [-0.1, -0.05) is 42.1 Å². The number of aliphatic imine (C=N–C) groups is 1. The Morgan fingerprint density at radius 3 is 2.33 bits per heavy atom. The van der Waals surface area contributed by atoms with E-state index in [-0.39, 0.29) is 29.2 Å². The number of carbonyl (C=O) groups is 2. The minimum atomic E-state index is -3.20. The van der Waals surface area contributed by atoms with Gasteiger partial charge in [-0.05, 0) is 64.4 Å². The van der Waals surface area contributed by atoms with Crippen molar-refractivity contribution in [2.24, 2.45) is 4.99 Å². The third-order valence-corrected chi connectivity index (χ3v) is 10.0. The first-order chi connectivity index (χ1) is 18.9. The van der Waals surface area contributed by atoms with Gasteiger partial charge < -0.3 is 19.9 Å². The molecule has 0 aromatic heterocycles. The van der Waals surface area contributed by atoms with Gasteiger partial charge in [-0.2, -0.15) is 4.99 Å². The van der Waals surface area contributed by atoms with E-state index in [1.807, 2.05) is 59.5 Å². The molecule has 2 aromatic rings. The molecule has 2 amide bonds. The van der Waals surface area contributed by atoms with Crippen LogP contribution in [0.5, 0.6) is 0 Å². The molecule has 11 heteroatoms. The number of ether oxygens (including phenoxy) is 1. The Kier molecular flexibility index (Phi) is 9.14. The van der Waals surface area contributed by atoms with Crippen molar-refractivity contribution in [3.8, 4) is 0 Å². The summed E-state index contributed by atoms with van der Waals surface area (Å²) in [5.41, 5.74) is 1.98. The average molecular weight is 587 g/mol. The second-order valence-corrected chi connectivity index (χ2v) is 14.3. The molecule has 2 aromatic carbocycles. The largest absolute Gasteiger partial charge is 0.444 e. The molecule has 1 N–H and O–H groups in total. The maximum absolute atomic E-state index is 13.6. The maximum atomic E-state index is 13.6. The van der Waals surface area contributed by atoms with E-state index in [4.69, 9.17) is 4.74 Å². The number of benzene rings is 2. The Hall–Kier alpha value is -3.05. The number of hydrogen-bond acceptors (Lipinski definition) is 7. The molecule has 0 aliphatic carbocycles. The van der Waals surface area contributed by atoms with Crippen LogP contribution in [0.1, 0.15) is 40.2 Å². The predicted molar refractivity (Wildman–Crippen MR) is 162 cm³/mol. The Morgan fingerprint density at radius 1 is 1.07 bits per heavy atom. The lowest BCUT2D eigenvalue weighted by Crippen LogP contribution is -2.45. The van der Waals surface area contributed by atoms with E-state index in [9.17, 15) is 18.0 Å². The third-order valence-electron chi connectivity index (χ3n) is 6.80. The number of amides is 2. The van der Waals surface area contributed by atoms with Crippen LogP contribution in [0.2, 0.25) is 0 Å². The summed E-state index contributed by atoms with van der Waals surface area (Å²) < 4.78 is 30.4. The summed E-state index contributed by atoms with van der Waals surface area (Å²) in [4.78, 5) is 34.8. The first-order valence-corrected chi connectivity index (χ1v) is 16.3. The molecule has 40 heavy (non-hydrogen) atoms. The van der Waals surface area contributed by atoms with Gasteiger partial charge in [0.15, 0.2) is 15.0 Å². The highest BCUT2D eigenvalue weighted by Gasteiger charge is 2.49. The summed E-state index contributed by atoms with van der Waals surface area (Å²) in [6.45, 7) is 11.2. The third kappa shape index (κ3) is 7.37. The highest BCUT2D eigenvalue weighted by Crippen LogP contribution is 2.41. The van der Waals surface area contributed by atoms with Gasteiger partial charge >= 0.3 is 6.09 Å². The van der Waals surface area contributed by atoms with Gasteiger partial charge in [0.1, 0.15) is 11.6 Å². The van der Waals surface area contributed by atoms with Gasteiger partial charge in [-0.15, -0.1) is 0 Å². The number of anilines is 2. The zero-order valence-corrected chi connectivity index (χ0v) is 25.3. The summed E-state index contributed by atoms with van der Waals surface area (Å²) in [7, 11) is -3.20. The second-order valence-electron chi connectivity index (χ2n) is 11.0. The Morgan fingerprint density at radius 2 is 1.73 bits per heavy atom. The highest BCUT2D eigenvalue weighted by molar-refractivity contribution is 8.16. The number of thioether (sulfide) groups is 1. The molecule has 2 aliphatic heterocycles. The van der Waals surface area contributed by atoms with Gasteiger partial charge in [-0.25, -0.2) is 13.2 Å². The zero-order chi connectivity index (χ0) is 29.1. The van der Waals surface area contributed by atoms with E-state index >= 15 is 0 Å². The molecule has 2 aliphatic rings. The minimum absolute atomic E-state index is 0.000718. The Labute approximate surface area is 241 Å². The maximum Gasteiger partial charge on any atom is 0.408 e. The smallest absolute Gasteiger partial charge is 0.408 e. The molecule has 0 radical (unpaired) electrons. The van der Waals surface area contributed by atoms with E-state index < -0.39 is 33.5 Å². The molecule has 2 fully saturated rings. The number of nitrogens with zero attached hydrogens (tertiary/aromatic N) is 3. The normalized spacial score (nSPS) is 21.6. The number of rotatable bonds is 8. The summed E-state index contributed by atoms with van der Waals surface area (Å²) in [5.74, 6) is -0.489. The number of fused-ring (bicyclic) bond motifs is 1. The summed E-state index contributed by atoms with van der Waals surface area (Å²) in [5, 5.41) is 2.91. The first kappa shape index (κ1) is 29.9. The molecule has 4 rings (SSSR count). The molecule has 0 bridgehead atoms. The van der Waals surface area contributed by atoms with Gasteiger partial charge in [0.05, 0.1) is 17.5 Å². The van der Waals surface area contributed by atoms with E-state index in [0.29, 0.717) is 5.17 Å². The molecule has 216 valence electrons. The lowest BCUT2D eigenvalue weighted by Gasteiger charge is -2.27. The van der Waals surface area contributed by atoms with Crippen LogP contribution < -0.4 is 15.1 Å². The number of nitrogens with one attached hydrogen (secondary N) is 1. The van der Waals surface area contributed by atoms with Crippen molar-refractivity contribution in [1.29, 1.82) is 0 Å². The van der Waals surface area contributed by atoms with Gasteiger partial charge in [0.2, 0.25) is 0 Å². The van der Waals surface area contributed by atoms with Gasteiger partial charge in [-0.3, -0.25) is 4.79 Å². The lowest BCUT2D eigenvalue weighted by atomic mass is 10.1. The molecule has 0 spiro atoms. The van der Waals surface area contributed by atoms with E-state index in [1.165, 1.54) is 11.8 Å². The fourth-order valence-electron chi connectivity index (χ4n) is 4.95. The lowest BCUT2D eigenvalue weighted by molar-refractivity contribution is -0.119. The van der Waals surface area contributed by atoms with Crippen molar-refractivity contribution in [2.75, 3.05) is 34.4 Å². The Balaban J connectivity index is 1.65. The van der Waals surface area contributed by atoms with Crippen molar-refractivity contribution < 1.29 is 22.7 Å². The SMILES string of the molecule is CCN(CC)c1ccc(N2C(=NC(=O)[C@@H](Cc3ccccc3)NC(=O)OC(C)(C)C)S[C@@H]3CS(=O)(=O)C[C@@H]32)cc1. The molecule has 2 heterocycles. The number of amidine groups is 1. The van der Waals surface area contributed by atoms with Crippen LogP contribution in [-0.2, 0) is 25.8 Å². The van der Waals surface area contributed by atoms with Crippen molar-refractivity contribution >= 4 is 50.1 Å². The van der Waals surface area contributed by atoms with Crippen LogP contribution in [0.15, 0.2) is 59.6 Å². The highest BCUT2D eigenvalue weighted by atomic mass is 32.2. The van der Waals surface area contributed by atoms with Crippen LogP contribution in [0, 0.1) is 0 Å². The van der Waals surface area contributed by atoms with Crippen molar-refractivity contribution in [1.82, 2.24) is 5.32 Å². The minimum Gasteiger partial charge on any atom is -0.444 e. The van der Waals surface area contributed by atoms with Crippen molar-refractivity contribution in [2.45, 2.75) is 64.0 Å². The topological polar surface area (TPSA) is 108 Å². The number of hydrogen-bond donors (Lipinski definition) is 1. The summed E-state index contributed by atoms with van der Waals surface area (Å²) in [6, 6.07) is 16.0. The van der Waals surface area contributed by atoms with Crippen molar-refractivity contribution in [3.05, 3.63) is 60.2 Å². The molecule has 0 saturated carbocycles. The Bertz CT molecular complexity index is 1340. The van der Waals surface area contributed by atoms with Gasteiger partial charge in [0.25, 0.3) is 5.91 Å². The second kappa shape index (κ2) is 12.2. The quantitative estimate of drug-likeness (QED) is 0.489. The fraction of sp³-hybridized carbons (Fsp3) is 0.483. The number of sulfone groups is 1. The average Bonchev–Trinajstić information content (AvgIpc) is 3.35. The fourth-order valence-corrected chi connectivity index (χ4v) is 8.87. The van der Waals surface area contributed by atoms with Crippen LogP contribution in [-0.4, -0.2) is 73.1 Å². The van der Waals surface area contributed by atoms with E-state index in [0.717, 1.165) is 30.0 Å². The summed E-state index contributed by atoms with van der Waals surface area (Å²) in [6.07, 6.45) is -0.465.